The van der Waals surface area contributed by atoms with Crippen molar-refractivity contribution in [2.24, 2.45) is 0 Å². The van der Waals surface area contributed by atoms with Crippen LogP contribution in [-0.2, 0) is 19.4 Å². The standard InChI is InChI=1S/C17H18N4/c1-21(12-13-5-4-8-19-11-13)17-15(10-18)9-14-6-2-3-7-16(14)20-17/h4-5,8-9,11H,2-3,6-7,12H2,1H3. The third-order valence-electron chi connectivity index (χ3n) is 3.91. The fourth-order valence-electron chi connectivity index (χ4n) is 2.84. The van der Waals surface area contributed by atoms with E-state index in [9.17, 15) is 5.26 Å². The van der Waals surface area contributed by atoms with Crippen LogP contribution in [0.2, 0.25) is 0 Å². The number of rotatable bonds is 3. The van der Waals surface area contributed by atoms with Crippen molar-refractivity contribution < 1.29 is 0 Å². The lowest BCUT2D eigenvalue weighted by Gasteiger charge is -2.23. The Bertz CT molecular complexity index is 673. The highest BCUT2D eigenvalue weighted by Crippen LogP contribution is 2.26. The topological polar surface area (TPSA) is 52.8 Å². The molecule has 2 heterocycles. The van der Waals surface area contributed by atoms with E-state index in [1.807, 2.05) is 36.3 Å². The molecule has 0 atom stereocenters. The normalized spacial score (nSPS) is 13.3. The van der Waals surface area contributed by atoms with Gasteiger partial charge in [-0.15, -0.1) is 0 Å². The summed E-state index contributed by atoms with van der Waals surface area (Å²) < 4.78 is 0. The van der Waals surface area contributed by atoms with Crippen LogP contribution in [0, 0.1) is 11.3 Å². The first kappa shape index (κ1) is 13.6. The van der Waals surface area contributed by atoms with Gasteiger partial charge in [-0.3, -0.25) is 4.98 Å². The molecule has 0 saturated carbocycles. The van der Waals surface area contributed by atoms with E-state index < -0.39 is 0 Å². The van der Waals surface area contributed by atoms with Crippen molar-refractivity contribution in [1.29, 1.82) is 5.26 Å². The van der Waals surface area contributed by atoms with E-state index in [0.29, 0.717) is 12.1 Å². The van der Waals surface area contributed by atoms with Crippen molar-refractivity contribution in [3.8, 4) is 6.07 Å². The van der Waals surface area contributed by atoms with Crippen molar-refractivity contribution >= 4 is 5.82 Å². The summed E-state index contributed by atoms with van der Waals surface area (Å²) in [6.07, 6.45) is 8.07. The predicted octanol–water partition coefficient (Wildman–Crippen LogP) is 2.86. The Kier molecular flexibility index (Phi) is 3.83. The highest BCUT2D eigenvalue weighted by molar-refractivity contribution is 5.56. The van der Waals surface area contributed by atoms with Gasteiger partial charge < -0.3 is 4.90 Å². The van der Waals surface area contributed by atoms with Gasteiger partial charge in [-0.05, 0) is 48.9 Å². The molecule has 0 aromatic carbocycles. The van der Waals surface area contributed by atoms with Gasteiger partial charge in [-0.25, -0.2) is 4.98 Å². The molecule has 2 aromatic heterocycles. The molecule has 0 fully saturated rings. The van der Waals surface area contributed by atoms with Crippen LogP contribution in [0.1, 0.15) is 35.2 Å². The van der Waals surface area contributed by atoms with Gasteiger partial charge in [0.15, 0.2) is 0 Å². The van der Waals surface area contributed by atoms with Gasteiger partial charge in [-0.1, -0.05) is 6.07 Å². The Morgan fingerprint density at radius 1 is 1.33 bits per heavy atom. The molecule has 0 radical (unpaired) electrons. The number of aryl methyl sites for hydroxylation is 2. The fourth-order valence-corrected chi connectivity index (χ4v) is 2.84. The molecule has 21 heavy (non-hydrogen) atoms. The second-order valence-electron chi connectivity index (χ2n) is 5.50. The van der Waals surface area contributed by atoms with Crippen LogP contribution in [0.3, 0.4) is 0 Å². The van der Waals surface area contributed by atoms with Gasteiger partial charge in [-0.2, -0.15) is 5.26 Å². The van der Waals surface area contributed by atoms with Gasteiger partial charge in [0, 0.05) is 31.7 Å². The third kappa shape index (κ3) is 2.87. The molecule has 106 valence electrons. The van der Waals surface area contributed by atoms with E-state index in [1.54, 1.807) is 6.20 Å². The number of nitriles is 1. The molecule has 4 nitrogen and oxygen atoms in total. The smallest absolute Gasteiger partial charge is 0.146 e. The summed E-state index contributed by atoms with van der Waals surface area (Å²) >= 11 is 0. The molecule has 0 aliphatic heterocycles. The summed E-state index contributed by atoms with van der Waals surface area (Å²) in [5.74, 6) is 0.780. The van der Waals surface area contributed by atoms with Gasteiger partial charge >= 0.3 is 0 Å². The second kappa shape index (κ2) is 5.92. The Morgan fingerprint density at radius 3 is 2.95 bits per heavy atom. The first-order valence-corrected chi connectivity index (χ1v) is 7.31. The number of hydrogen-bond acceptors (Lipinski definition) is 4. The van der Waals surface area contributed by atoms with Crippen molar-refractivity contribution in [2.45, 2.75) is 32.2 Å². The second-order valence-corrected chi connectivity index (χ2v) is 5.50. The van der Waals surface area contributed by atoms with Crippen LogP contribution in [0.15, 0.2) is 30.6 Å². The lowest BCUT2D eigenvalue weighted by atomic mass is 9.95. The quantitative estimate of drug-likeness (QED) is 0.866. The molecular formula is C17H18N4. The van der Waals surface area contributed by atoms with Gasteiger partial charge in [0.1, 0.15) is 11.9 Å². The Hall–Kier alpha value is -2.41. The molecule has 1 aliphatic rings. The highest BCUT2D eigenvalue weighted by Gasteiger charge is 2.17. The number of pyridine rings is 2. The zero-order valence-electron chi connectivity index (χ0n) is 12.2. The SMILES string of the molecule is CN(Cc1cccnc1)c1nc2c(cc1C#N)CCCC2. The highest BCUT2D eigenvalue weighted by atomic mass is 15.2. The zero-order valence-corrected chi connectivity index (χ0v) is 12.2. The van der Waals surface area contributed by atoms with Gasteiger partial charge in [0.25, 0.3) is 0 Å². The largest absolute Gasteiger partial charge is 0.354 e. The summed E-state index contributed by atoms with van der Waals surface area (Å²) in [5, 5.41) is 9.41. The van der Waals surface area contributed by atoms with E-state index in [-0.39, 0.29) is 0 Å². The molecule has 0 amide bonds. The number of fused-ring (bicyclic) bond motifs is 1. The van der Waals surface area contributed by atoms with Crippen molar-refractivity contribution in [1.82, 2.24) is 9.97 Å². The number of hydrogen-bond donors (Lipinski definition) is 0. The fraction of sp³-hybridized carbons (Fsp3) is 0.353. The van der Waals surface area contributed by atoms with E-state index in [1.165, 1.54) is 18.4 Å². The van der Waals surface area contributed by atoms with Crippen LogP contribution in [0.5, 0.6) is 0 Å². The molecule has 0 unspecified atom stereocenters. The minimum absolute atomic E-state index is 0.669. The minimum Gasteiger partial charge on any atom is -0.354 e. The number of anilines is 1. The summed E-state index contributed by atoms with van der Waals surface area (Å²) in [6.45, 7) is 0.703. The summed E-state index contributed by atoms with van der Waals surface area (Å²) in [4.78, 5) is 10.9. The number of nitrogens with zero attached hydrogens (tertiary/aromatic N) is 4. The molecule has 4 heteroatoms. The van der Waals surface area contributed by atoms with E-state index >= 15 is 0 Å². The van der Waals surface area contributed by atoms with Crippen LogP contribution in [0.4, 0.5) is 5.82 Å². The Labute approximate surface area is 125 Å². The minimum atomic E-state index is 0.669. The summed E-state index contributed by atoms with van der Waals surface area (Å²) in [5.41, 5.74) is 4.19. The van der Waals surface area contributed by atoms with Crippen molar-refractivity contribution in [3.63, 3.8) is 0 Å². The maximum Gasteiger partial charge on any atom is 0.146 e. The van der Waals surface area contributed by atoms with Crippen LogP contribution in [0.25, 0.3) is 0 Å². The first-order chi connectivity index (χ1) is 10.3. The molecule has 3 rings (SSSR count). The first-order valence-electron chi connectivity index (χ1n) is 7.31. The van der Waals surface area contributed by atoms with Gasteiger partial charge in [0.05, 0.1) is 5.56 Å². The van der Waals surface area contributed by atoms with Crippen LogP contribution < -0.4 is 4.90 Å². The summed E-state index contributed by atoms with van der Waals surface area (Å²) in [7, 11) is 1.98. The lowest BCUT2D eigenvalue weighted by Crippen LogP contribution is -2.21. The Balaban J connectivity index is 1.92. The van der Waals surface area contributed by atoms with E-state index in [2.05, 4.69) is 11.1 Å². The maximum atomic E-state index is 9.41. The summed E-state index contributed by atoms with van der Waals surface area (Å²) in [6, 6.07) is 8.28. The predicted molar refractivity (Wildman–Crippen MR) is 81.9 cm³/mol. The molecule has 0 bridgehead atoms. The van der Waals surface area contributed by atoms with Crippen molar-refractivity contribution in [3.05, 3.63) is 53.0 Å². The molecule has 2 aromatic rings. The molecule has 0 N–H and O–H groups in total. The van der Waals surface area contributed by atoms with Crippen LogP contribution in [-0.4, -0.2) is 17.0 Å². The average Bonchev–Trinajstić information content (AvgIpc) is 2.54. The molecule has 0 spiro atoms. The van der Waals surface area contributed by atoms with Crippen molar-refractivity contribution in [2.75, 3.05) is 11.9 Å². The van der Waals surface area contributed by atoms with Gasteiger partial charge in [0.2, 0.25) is 0 Å². The van der Waals surface area contributed by atoms with E-state index in [4.69, 9.17) is 4.98 Å². The zero-order chi connectivity index (χ0) is 14.7. The Morgan fingerprint density at radius 2 is 2.19 bits per heavy atom. The molecule has 1 aliphatic carbocycles. The maximum absolute atomic E-state index is 9.41. The molecule has 0 saturated heterocycles. The van der Waals surface area contributed by atoms with Crippen LogP contribution >= 0.6 is 0 Å². The number of aromatic nitrogens is 2. The average molecular weight is 278 g/mol. The monoisotopic (exact) mass is 278 g/mol. The third-order valence-corrected chi connectivity index (χ3v) is 3.91. The molecular weight excluding hydrogens is 260 g/mol. The van der Waals surface area contributed by atoms with E-state index in [0.717, 1.165) is 29.9 Å². The lowest BCUT2D eigenvalue weighted by molar-refractivity contribution is 0.665.